The molecule has 5 amide bonds. The summed E-state index contributed by atoms with van der Waals surface area (Å²) in [6.07, 6.45) is 4.20. The summed E-state index contributed by atoms with van der Waals surface area (Å²) in [4.78, 5) is 73.4. The zero-order valence-electron chi connectivity index (χ0n) is 28.4. The van der Waals surface area contributed by atoms with Gasteiger partial charge in [-0.05, 0) is 73.8 Å². The van der Waals surface area contributed by atoms with E-state index in [1.165, 1.54) is 20.9 Å². The Balaban J connectivity index is 1.60. The maximum atomic E-state index is 13.7. The lowest BCUT2D eigenvalue weighted by Crippen LogP contribution is -2.59. The summed E-state index contributed by atoms with van der Waals surface area (Å²) in [7, 11) is 1.40. The van der Waals surface area contributed by atoms with Crippen molar-refractivity contribution in [2.75, 3.05) is 33.3 Å². The van der Waals surface area contributed by atoms with Crippen LogP contribution in [0.5, 0.6) is 5.75 Å². The van der Waals surface area contributed by atoms with Crippen LogP contribution in [-0.2, 0) is 36.8 Å². The average molecular weight is 665 g/mol. The molecule has 1 saturated heterocycles. The summed E-state index contributed by atoms with van der Waals surface area (Å²) in [6.45, 7) is 7.48. The minimum Gasteiger partial charge on any atom is -0.484 e. The number of carbonyl (C=O) groups is 5. The highest BCUT2D eigenvalue weighted by atomic mass is 16.5. The highest BCUT2D eigenvalue weighted by Gasteiger charge is 2.39. The Morgan fingerprint density at radius 3 is 2.42 bits per heavy atom. The summed E-state index contributed by atoms with van der Waals surface area (Å²) in [5.41, 5.74) is 1.37. The SMILES string of the molecule is CC(C)C1NC(=O)[C@H](C)N(C)C(=O)[C@H]([C@@H](C)O)NC(=O)COc2cccc(c2)CC2(CCN(C(=O)Cc3cccnc3)CC2)CNC1=O. The third-order valence-corrected chi connectivity index (χ3v) is 9.36. The van der Waals surface area contributed by atoms with Crippen molar-refractivity contribution in [1.29, 1.82) is 0 Å². The van der Waals surface area contributed by atoms with E-state index in [-0.39, 0.29) is 24.2 Å². The van der Waals surface area contributed by atoms with Crippen molar-refractivity contribution < 1.29 is 33.8 Å². The lowest BCUT2D eigenvalue weighted by Gasteiger charge is -2.42. The topological polar surface area (TPSA) is 170 Å². The largest absolute Gasteiger partial charge is 0.484 e. The van der Waals surface area contributed by atoms with Crippen molar-refractivity contribution in [1.82, 2.24) is 30.7 Å². The number of carbonyl (C=O) groups excluding carboxylic acids is 5. The molecule has 1 unspecified atom stereocenters. The molecule has 2 bridgehead atoms. The van der Waals surface area contributed by atoms with Crippen LogP contribution in [0.25, 0.3) is 0 Å². The number of benzene rings is 1. The van der Waals surface area contributed by atoms with Crippen molar-refractivity contribution in [2.24, 2.45) is 11.3 Å². The number of likely N-dealkylation sites (N-methyl/N-ethyl adjacent to an activating group) is 1. The van der Waals surface area contributed by atoms with Gasteiger partial charge in [-0.15, -0.1) is 0 Å². The Kier molecular flexibility index (Phi) is 12.1. The molecule has 2 aliphatic rings. The van der Waals surface area contributed by atoms with Crippen molar-refractivity contribution in [3.05, 3.63) is 59.9 Å². The molecule has 4 atom stereocenters. The van der Waals surface area contributed by atoms with Crippen LogP contribution in [0.2, 0.25) is 0 Å². The van der Waals surface area contributed by atoms with Gasteiger partial charge in [0.15, 0.2) is 6.61 Å². The van der Waals surface area contributed by atoms with E-state index in [9.17, 15) is 29.1 Å². The van der Waals surface area contributed by atoms with Crippen molar-refractivity contribution in [3.8, 4) is 5.75 Å². The highest BCUT2D eigenvalue weighted by Crippen LogP contribution is 2.36. The molecule has 48 heavy (non-hydrogen) atoms. The van der Waals surface area contributed by atoms with Gasteiger partial charge < -0.3 is 35.6 Å². The second-order valence-electron chi connectivity index (χ2n) is 13.4. The lowest BCUT2D eigenvalue weighted by atomic mass is 9.73. The fraction of sp³-hybridized carbons (Fsp3) is 0.543. The Bertz CT molecular complexity index is 1460. The van der Waals surface area contributed by atoms with E-state index in [1.54, 1.807) is 18.5 Å². The first kappa shape index (κ1) is 36.3. The molecule has 1 spiro atoms. The van der Waals surface area contributed by atoms with Gasteiger partial charge in [0.1, 0.15) is 23.9 Å². The number of aliphatic hydroxyl groups excluding tert-OH is 1. The predicted octanol–water partition coefficient (Wildman–Crippen LogP) is 0.838. The number of rotatable bonds is 4. The fourth-order valence-electron chi connectivity index (χ4n) is 6.15. The summed E-state index contributed by atoms with van der Waals surface area (Å²) in [5, 5.41) is 18.8. The van der Waals surface area contributed by atoms with Crippen LogP contribution >= 0.6 is 0 Å². The molecule has 1 fully saturated rings. The average Bonchev–Trinajstić information content (AvgIpc) is 3.06. The number of likely N-dealkylation sites (tertiary alicyclic amines) is 1. The van der Waals surface area contributed by atoms with Crippen LogP contribution < -0.4 is 20.7 Å². The first-order valence-electron chi connectivity index (χ1n) is 16.5. The number of aliphatic hydroxyl groups is 1. The molecule has 13 heteroatoms. The molecular weight excluding hydrogens is 616 g/mol. The molecule has 2 aliphatic heterocycles. The van der Waals surface area contributed by atoms with E-state index >= 15 is 0 Å². The quantitative estimate of drug-likeness (QED) is 0.373. The fourth-order valence-corrected chi connectivity index (χ4v) is 6.15. The van der Waals surface area contributed by atoms with Gasteiger partial charge in [0.2, 0.25) is 23.6 Å². The van der Waals surface area contributed by atoms with Gasteiger partial charge in [-0.2, -0.15) is 0 Å². The monoisotopic (exact) mass is 664 g/mol. The first-order valence-corrected chi connectivity index (χ1v) is 16.5. The van der Waals surface area contributed by atoms with E-state index in [2.05, 4.69) is 20.9 Å². The minimum absolute atomic E-state index is 0.0182. The Morgan fingerprint density at radius 2 is 1.77 bits per heavy atom. The van der Waals surface area contributed by atoms with Crippen LogP contribution in [0.3, 0.4) is 0 Å². The molecule has 0 aliphatic carbocycles. The molecule has 4 rings (SSSR count). The first-order chi connectivity index (χ1) is 22.8. The number of hydrogen-bond acceptors (Lipinski definition) is 8. The maximum absolute atomic E-state index is 13.7. The highest BCUT2D eigenvalue weighted by molar-refractivity contribution is 5.94. The molecule has 3 heterocycles. The Labute approximate surface area is 281 Å². The number of nitrogens with one attached hydrogen (secondary N) is 3. The summed E-state index contributed by atoms with van der Waals surface area (Å²) in [5.74, 6) is -1.98. The number of hydrogen-bond donors (Lipinski definition) is 4. The molecule has 2 aromatic rings. The smallest absolute Gasteiger partial charge is 0.258 e. The van der Waals surface area contributed by atoms with Crippen molar-refractivity contribution in [2.45, 2.75) is 77.6 Å². The van der Waals surface area contributed by atoms with Gasteiger partial charge >= 0.3 is 0 Å². The lowest BCUT2D eigenvalue weighted by molar-refractivity contribution is -0.144. The number of amides is 5. The van der Waals surface area contributed by atoms with Crippen molar-refractivity contribution in [3.63, 3.8) is 0 Å². The van der Waals surface area contributed by atoms with Crippen LogP contribution in [0.4, 0.5) is 0 Å². The van der Waals surface area contributed by atoms with Crippen molar-refractivity contribution >= 4 is 29.5 Å². The van der Waals surface area contributed by atoms with Crippen LogP contribution in [-0.4, -0.2) is 107 Å². The number of pyridine rings is 1. The summed E-state index contributed by atoms with van der Waals surface area (Å²) >= 11 is 0. The second kappa shape index (κ2) is 16.1. The number of aromatic nitrogens is 1. The van der Waals surface area contributed by atoms with Gasteiger partial charge in [0, 0.05) is 39.1 Å². The van der Waals surface area contributed by atoms with Gasteiger partial charge in [-0.1, -0.05) is 32.0 Å². The van der Waals surface area contributed by atoms with Crippen LogP contribution in [0, 0.1) is 11.3 Å². The van der Waals surface area contributed by atoms with Crippen LogP contribution in [0.15, 0.2) is 48.8 Å². The van der Waals surface area contributed by atoms with Gasteiger partial charge in [0.25, 0.3) is 5.91 Å². The third-order valence-electron chi connectivity index (χ3n) is 9.36. The van der Waals surface area contributed by atoms with Gasteiger partial charge in [-0.25, -0.2) is 0 Å². The summed E-state index contributed by atoms with van der Waals surface area (Å²) < 4.78 is 5.78. The van der Waals surface area contributed by atoms with E-state index in [0.29, 0.717) is 44.6 Å². The standard InChI is InChI=1S/C35H48N6O7/c1-22(2)30-33(46)37-21-35(11-14-41(15-12-35)29(44)17-26-9-7-13-36-19-26)18-25-8-6-10-27(16-25)48-20-28(43)38-31(24(4)42)34(47)40(5)23(3)32(45)39-30/h6-10,13,16,19,22-24,30-31,42H,11-12,14-15,17-18,20-21H2,1-5H3,(H,37,46)(H,38,43)(H,39,45)/t23-,24+,30?,31-/m0/s1. The van der Waals surface area contributed by atoms with E-state index in [0.717, 1.165) is 16.0 Å². The summed E-state index contributed by atoms with van der Waals surface area (Å²) in [6, 6.07) is 7.83. The second-order valence-corrected chi connectivity index (χ2v) is 13.4. The maximum Gasteiger partial charge on any atom is 0.258 e. The normalized spacial score (nSPS) is 23.6. The Hall–Kier alpha value is -4.52. The molecular formula is C35H48N6O7. The molecule has 1 aromatic carbocycles. The zero-order chi connectivity index (χ0) is 35.0. The molecule has 0 radical (unpaired) electrons. The number of piperidine rings is 1. The zero-order valence-corrected chi connectivity index (χ0v) is 28.4. The molecule has 260 valence electrons. The van der Waals surface area contributed by atoms with Gasteiger partial charge in [-0.3, -0.25) is 29.0 Å². The predicted molar refractivity (Wildman–Crippen MR) is 177 cm³/mol. The minimum atomic E-state index is -1.32. The van der Waals surface area contributed by atoms with Crippen LogP contribution in [0.1, 0.15) is 51.7 Å². The molecule has 4 N–H and O–H groups in total. The van der Waals surface area contributed by atoms with Gasteiger partial charge in [0.05, 0.1) is 12.5 Å². The molecule has 1 aromatic heterocycles. The number of ether oxygens (including phenoxy) is 1. The van der Waals surface area contributed by atoms with E-state index in [4.69, 9.17) is 4.74 Å². The molecule has 0 saturated carbocycles. The van der Waals surface area contributed by atoms with E-state index < -0.39 is 54.0 Å². The number of fused-ring (bicyclic) bond motifs is 2. The van der Waals surface area contributed by atoms with E-state index in [1.807, 2.05) is 49.1 Å². The Morgan fingerprint density at radius 1 is 1.04 bits per heavy atom. The number of nitrogens with zero attached hydrogens (tertiary/aromatic N) is 3. The molecule has 13 nitrogen and oxygen atoms in total. The third kappa shape index (κ3) is 9.30.